The van der Waals surface area contributed by atoms with E-state index in [-0.39, 0.29) is 0 Å². The molecule has 0 aliphatic rings. The topological polar surface area (TPSA) is 22.1 Å². The first-order valence-corrected chi connectivity index (χ1v) is 7.20. The molecule has 0 bridgehead atoms. The molecule has 0 N–H and O–H groups in total. The molecule has 1 aromatic heterocycles. The molecular weight excluding hydrogens is 414 g/mol. The third-order valence-electron chi connectivity index (χ3n) is 2.05. The predicted molar refractivity (Wildman–Crippen MR) is 78.1 cm³/mol. The molecule has 0 atom stereocenters. The standard InChI is InChI=1S/C12H8Br3NO/c13-9-1-2-12(11(15)4-9)17-7-8-3-10(14)6-16-5-8/h1-6H,7H2. The summed E-state index contributed by atoms with van der Waals surface area (Å²) >= 11 is 10.2. The summed E-state index contributed by atoms with van der Waals surface area (Å²) in [6, 6.07) is 7.80. The van der Waals surface area contributed by atoms with Gasteiger partial charge < -0.3 is 4.74 Å². The average molecular weight is 422 g/mol. The summed E-state index contributed by atoms with van der Waals surface area (Å²) in [5.74, 6) is 0.813. The highest BCUT2D eigenvalue weighted by molar-refractivity contribution is 9.11. The molecule has 0 radical (unpaired) electrons. The monoisotopic (exact) mass is 419 g/mol. The van der Waals surface area contributed by atoms with Gasteiger partial charge in [-0.25, -0.2) is 0 Å². The number of ether oxygens (including phenoxy) is 1. The molecule has 5 heteroatoms. The lowest BCUT2D eigenvalue weighted by Gasteiger charge is -2.08. The number of hydrogen-bond donors (Lipinski definition) is 0. The second kappa shape index (κ2) is 5.98. The fourth-order valence-corrected chi connectivity index (χ4v) is 2.86. The van der Waals surface area contributed by atoms with Crippen molar-refractivity contribution in [1.29, 1.82) is 0 Å². The minimum absolute atomic E-state index is 0.493. The van der Waals surface area contributed by atoms with Gasteiger partial charge in [-0.1, -0.05) is 15.9 Å². The number of aromatic nitrogens is 1. The van der Waals surface area contributed by atoms with Crippen molar-refractivity contribution >= 4 is 47.8 Å². The van der Waals surface area contributed by atoms with Crippen molar-refractivity contribution in [3.63, 3.8) is 0 Å². The van der Waals surface area contributed by atoms with Gasteiger partial charge in [0.25, 0.3) is 0 Å². The zero-order chi connectivity index (χ0) is 12.3. The van der Waals surface area contributed by atoms with E-state index < -0.39 is 0 Å². The number of benzene rings is 1. The van der Waals surface area contributed by atoms with Crippen LogP contribution in [0.3, 0.4) is 0 Å². The molecule has 17 heavy (non-hydrogen) atoms. The van der Waals surface area contributed by atoms with E-state index >= 15 is 0 Å². The third-order valence-corrected chi connectivity index (χ3v) is 3.60. The highest BCUT2D eigenvalue weighted by Crippen LogP contribution is 2.28. The summed E-state index contributed by atoms with van der Waals surface area (Å²) in [6.07, 6.45) is 3.54. The molecule has 1 heterocycles. The van der Waals surface area contributed by atoms with E-state index in [4.69, 9.17) is 4.74 Å². The highest BCUT2D eigenvalue weighted by Gasteiger charge is 2.02. The first-order chi connectivity index (χ1) is 8.15. The Bertz CT molecular complexity index is 531. The van der Waals surface area contributed by atoms with Crippen LogP contribution in [-0.4, -0.2) is 4.98 Å². The van der Waals surface area contributed by atoms with Crippen LogP contribution in [0.2, 0.25) is 0 Å². The van der Waals surface area contributed by atoms with E-state index in [0.29, 0.717) is 6.61 Å². The van der Waals surface area contributed by atoms with E-state index in [1.54, 1.807) is 12.4 Å². The van der Waals surface area contributed by atoms with Crippen molar-refractivity contribution in [2.45, 2.75) is 6.61 Å². The van der Waals surface area contributed by atoms with Gasteiger partial charge in [0.1, 0.15) is 12.4 Å². The third kappa shape index (κ3) is 3.79. The van der Waals surface area contributed by atoms with Gasteiger partial charge in [-0.15, -0.1) is 0 Å². The van der Waals surface area contributed by atoms with Gasteiger partial charge in [-0.2, -0.15) is 0 Å². The maximum Gasteiger partial charge on any atom is 0.134 e. The molecule has 0 saturated heterocycles. The maximum atomic E-state index is 5.70. The Morgan fingerprint density at radius 2 is 1.82 bits per heavy atom. The van der Waals surface area contributed by atoms with Crippen LogP contribution in [0, 0.1) is 0 Å². The molecule has 2 rings (SSSR count). The van der Waals surface area contributed by atoms with Crippen LogP contribution in [0.25, 0.3) is 0 Å². The summed E-state index contributed by atoms with van der Waals surface area (Å²) in [5, 5.41) is 0. The second-order valence-electron chi connectivity index (χ2n) is 3.37. The van der Waals surface area contributed by atoms with E-state index in [1.807, 2.05) is 24.3 Å². The Labute approximate surface area is 125 Å². The molecule has 2 nitrogen and oxygen atoms in total. The Kier molecular flexibility index (Phi) is 4.59. The van der Waals surface area contributed by atoms with Gasteiger partial charge >= 0.3 is 0 Å². The van der Waals surface area contributed by atoms with Crippen LogP contribution < -0.4 is 4.74 Å². The Hall–Kier alpha value is -0.390. The zero-order valence-corrected chi connectivity index (χ0v) is 13.4. The van der Waals surface area contributed by atoms with Gasteiger partial charge in [0, 0.05) is 26.9 Å². The van der Waals surface area contributed by atoms with E-state index in [2.05, 4.69) is 52.8 Å². The normalized spacial score (nSPS) is 10.3. The number of rotatable bonds is 3. The average Bonchev–Trinajstić information content (AvgIpc) is 2.28. The lowest BCUT2D eigenvalue weighted by Crippen LogP contribution is -1.96. The van der Waals surface area contributed by atoms with E-state index in [9.17, 15) is 0 Å². The Morgan fingerprint density at radius 3 is 2.53 bits per heavy atom. The van der Waals surface area contributed by atoms with Crippen LogP contribution in [0.1, 0.15) is 5.56 Å². The molecule has 0 amide bonds. The predicted octanol–water partition coefficient (Wildman–Crippen LogP) is 4.95. The van der Waals surface area contributed by atoms with Gasteiger partial charge in [0.2, 0.25) is 0 Å². The fourth-order valence-electron chi connectivity index (χ4n) is 1.29. The Balaban J connectivity index is 2.07. The van der Waals surface area contributed by atoms with Gasteiger partial charge in [-0.05, 0) is 56.1 Å². The molecular formula is C12H8Br3NO. The lowest BCUT2D eigenvalue weighted by molar-refractivity contribution is 0.303. The molecule has 0 saturated carbocycles. The van der Waals surface area contributed by atoms with Gasteiger partial charge in [-0.3, -0.25) is 4.98 Å². The minimum atomic E-state index is 0.493. The van der Waals surface area contributed by atoms with E-state index in [0.717, 1.165) is 24.7 Å². The summed E-state index contributed by atoms with van der Waals surface area (Å²) < 4.78 is 8.60. The van der Waals surface area contributed by atoms with Crippen LogP contribution in [0.5, 0.6) is 5.75 Å². The maximum absolute atomic E-state index is 5.70. The van der Waals surface area contributed by atoms with Crippen molar-refractivity contribution < 1.29 is 4.74 Å². The summed E-state index contributed by atoms with van der Waals surface area (Å²) in [5.41, 5.74) is 1.02. The molecule has 88 valence electrons. The van der Waals surface area contributed by atoms with Gasteiger partial charge in [0.05, 0.1) is 4.47 Å². The second-order valence-corrected chi connectivity index (χ2v) is 6.06. The highest BCUT2D eigenvalue weighted by atomic mass is 79.9. The molecule has 0 spiro atoms. The largest absolute Gasteiger partial charge is 0.488 e. The molecule has 0 aliphatic carbocycles. The quantitative estimate of drug-likeness (QED) is 0.699. The van der Waals surface area contributed by atoms with Crippen LogP contribution >= 0.6 is 47.8 Å². The van der Waals surface area contributed by atoms with Crippen molar-refractivity contribution in [1.82, 2.24) is 4.98 Å². The summed E-state index contributed by atoms with van der Waals surface area (Å²) in [7, 11) is 0. The first kappa shape index (κ1) is 13.1. The number of halogens is 3. The number of nitrogens with zero attached hydrogens (tertiary/aromatic N) is 1. The molecule has 0 fully saturated rings. The molecule has 0 aliphatic heterocycles. The van der Waals surface area contributed by atoms with Crippen LogP contribution in [0.4, 0.5) is 0 Å². The number of pyridine rings is 1. The Morgan fingerprint density at radius 1 is 1.00 bits per heavy atom. The van der Waals surface area contributed by atoms with Crippen molar-refractivity contribution in [2.75, 3.05) is 0 Å². The summed E-state index contributed by atoms with van der Waals surface area (Å²) in [6.45, 7) is 0.493. The zero-order valence-electron chi connectivity index (χ0n) is 8.66. The van der Waals surface area contributed by atoms with Crippen molar-refractivity contribution in [3.8, 4) is 5.75 Å². The van der Waals surface area contributed by atoms with Gasteiger partial charge in [0.15, 0.2) is 0 Å². The van der Waals surface area contributed by atoms with E-state index in [1.165, 1.54) is 0 Å². The van der Waals surface area contributed by atoms with Crippen LogP contribution in [-0.2, 0) is 6.61 Å². The number of hydrogen-bond acceptors (Lipinski definition) is 2. The molecule has 1 aromatic carbocycles. The smallest absolute Gasteiger partial charge is 0.134 e. The lowest BCUT2D eigenvalue weighted by atomic mass is 10.3. The molecule has 2 aromatic rings. The van der Waals surface area contributed by atoms with Crippen LogP contribution in [0.15, 0.2) is 50.1 Å². The first-order valence-electron chi connectivity index (χ1n) is 4.82. The van der Waals surface area contributed by atoms with Crippen molar-refractivity contribution in [3.05, 3.63) is 55.6 Å². The molecule has 0 unspecified atom stereocenters. The SMILES string of the molecule is Brc1cncc(COc2ccc(Br)cc2Br)c1. The fraction of sp³-hybridized carbons (Fsp3) is 0.0833. The minimum Gasteiger partial charge on any atom is -0.488 e. The summed E-state index contributed by atoms with van der Waals surface area (Å²) in [4.78, 5) is 4.09. The van der Waals surface area contributed by atoms with Crippen molar-refractivity contribution in [2.24, 2.45) is 0 Å².